The number of rotatable bonds is 4. The summed E-state index contributed by atoms with van der Waals surface area (Å²) >= 11 is 0. The molecular formula is C21H23NO2. The maximum absolute atomic E-state index is 12.7. The van der Waals surface area contributed by atoms with Crippen LogP contribution in [0.2, 0.25) is 0 Å². The zero-order chi connectivity index (χ0) is 17.3. The molecule has 2 N–H and O–H groups in total. The Labute approximate surface area is 143 Å². The lowest BCUT2D eigenvalue weighted by Crippen LogP contribution is -2.46. The monoisotopic (exact) mass is 321 g/mol. The minimum Gasteiger partial charge on any atom is -0.378 e. The molecule has 3 nitrogen and oxygen atoms in total. The van der Waals surface area contributed by atoms with Gasteiger partial charge in [-0.3, -0.25) is 4.79 Å². The summed E-state index contributed by atoms with van der Waals surface area (Å²) in [5.74, 6) is -0.366. The maximum Gasteiger partial charge on any atom is 0.254 e. The second-order valence-electron chi connectivity index (χ2n) is 6.91. The fourth-order valence-corrected chi connectivity index (χ4v) is 3.36. The van der Waals surface area contributed by atoms with E-state index < -0.39 is 11.6 Å². The Balaban J connectivity index is 1.82. The highest BCUT2D eigenvalue weighted by Crippen LogP contribution is 2.35. The predicted octanol–water partition coefficient (Wildman–Crippen LogP) is 3.43. The number of hydrogen-bond acceptors (Lipinski definition) is 2. The quantitative estimate of drug-likeness (QED) is 0.906. The highest BCUT2D eigenvalue weighted by Gasteiger charge is 2.32. The molecule has 24 heavy (non-hydrogen) atoms. The number of allylic oxidation sites excluding steroid dienone is 1. The zero-order valence-corrected chi connectivity index (χ0v) is 14.3. The largest absolute Gasteiger partial charge is 0.378 e. The minimum absolute atomic E-state index is 0.366. The van der Waals surface area contributed by atoms with Crippen LogP contribution in [-0.2, 0) is 16.8 Å². The normalized spacial score (nSPS) is 15.2. The number of aliphatic hydroxyl groups is 1. The van der Waals surface area contributed by atoms with Crippen molar-refractivity contribution < 1.29 is 9.90 Å². The van der Waals surface area contributed by atoms with Gasteiger partial charge in [0.15, 0.2) is 6.10 Å². The molecular weight excluding hydrogens is 298 g/mol. The van der Waals surface area contributed by atoms with E-state index in [4.69, 9.17) is 0 Å². The Morgan fingerprint density at radius 3 is 2.42 bits per heavy atom. The molecule has 2 aromatic rings. The van der Waals surface area contributed by atoms with Gasteiger partial charge in [-0.2, -0.15) is 0 Å². The Hall–Kier alpha value is -2.39. The van der Waals surface area contributed by atoms with E-state index in [-0.39, 0.29) is 5.91 Å². The summed E-state index contributed by atoms with van der Waals surface area (Å²) in [5.41, 5.74) is 4.40. The van der Waals surface area contributed by atoms with Crippen molar-refractivity contribution in [2.75, 3.05) is 0 Å². The van der Waals surface area contributed by atoms with E-state index in [2.05, 4.69) is 5.32 Å². The molecule has 0 fully saturated rings. The summed E-state index contributed by atoms with van der Waals surface area (Å²) in [4.78, 5) is 12.7. The fourth-order valence-electron chi connectivity index (χ4n) is 3.36. The lowest BCUT2D eigenvalue weighted by atomic mass is 9.93. The number of carbonyl (C=O) groups is 1. The van der Waals surface area contributed by atoms with Crippen LogP contribution in [0.1, 0.15) is 37.5 Å². The summed E-state index contributed by atoms with van der Waals surface area (Å²) in [7, 11) is 0. The molecule has 0 heterocycles. The fraction of sp³-hybridized carbons (Fsp3) is 0.286. The first-order valence-electron chi connectivity index (χ1n) is 8.23. The third kappa shape index (κ3) is 3.00. The second kappa shape index (κ2) is 6.25. The van der Waals surface area contributed by atoms with Crippen molar-refractivity contribution in [3.8, 4) is 0 Å². The van der Waals surface area contributed by atoms with Gasteiger partial charge in [-0.05, 0) is 49.5 Å². The Morgan fingerprint density at radius 1 is 1.08 bits per heavy atom. The molecule has 1 aliphatic rings. The van der Waals surface area contributed by atoms with Crippen molar-refractivity contribution in [1.29, 1.82) is 0 Å². The van der Waals surface area contributed by atoms with Gasteiger partial charge in [0.05, 0.1) is 5.54 Å². The van der Waals surface area contributed by atoms with Gasteiger partial charge < -0.3 is 10.4 Å². The van der Waals surface area contributed by atoms with E-state index in [1.807, 2.05) is 75.4 Å². The summed E-state index contributed by atoms with van der Waals surface area (Å²) < 4.78 is 0. The lowest BCUT2D eigenvalue weighted by molar-refractivity contribution is -0.128. The second-order valence-corrected chi connectivity index (χ2v) is 6.91. The van der Waals surface area contributed by atoms with Gasteiger partial charge in [0.1, 0.15) is 0 Å². The molecule has 0 radical (unpaired) electrons. The maximum atomic E-state index is 12.7. The first-order valence-corrected chi connectivity index (χ1v) is 8.23. The lowest BCUT2D eigenvalue weighted by Gasteiger charge is -2.28. The van der Waals surface area contributed by atoms with Gasteiger partial charge >= 0.3 is 0 Å². The summed E-state index contributed by atoms with van der Waals surface area (Å²) in [6, 6.07) is 17.7. The first kappa shape index (κ1) is 16.5. The van der Waals surface area contributed by atoms with E-state index in [0.29, 0.717) is 0 Å². The molecule has 1 atom stereocenters. The first-order chi connectivity index (χ1) is 11.4. The van der Waals surface area contributed by atoms with Crippen LogP contribution in [-0.4, -0.2) is 17.1 Å². The van der Waals surface area contributed by atoms with Gasteiger partial charge in [-0.25, -0.2) is 0 Å². The number of amides is 1. The van der Waals surface area contributed by atoms with E-state index >= 15 is 0 Å². The third-order valence-electron chi connectivity index (χ3n) is 4.68. The van der Waals surface area contributed by atoms with Crippen LogP contribution in [0.25, 0.3) is 5.57 Å². The number of carbonyl (C=O) groups excluding carboxylic acids is 1. The molecule has 1 amide bonds. The average molecular weight is 321 g/mol. The van der Waals surface area contributed by atoms with Crippen LogP contribution in [0.15, 0.2) is 60.2 Å². The Kier molecular flexibility index (Phi) is 4.29. The molecule has 0 spiro atoms. The third-order valence-corrected chi connectivity index (χ3v) is 4.68. The molecule has 0 saturated heterocycles. The molecule has 124 valence electrons. The molecule has 0 bridgehead atoms. The van der Waals surface area contributed by atoms with Crippen LogP contribution in [0.3, 0.4) is 0 Å². The van der Waals surface area contributed by atoms with Crippen LogP contribution in [0.5, 0.6) is 0 Å². The van der Waals surface area contributed by atoms with Crippen LogP contribution in [0, 0.1) is 0 Å². The van der Waals surface area contributed by atoms with E-state index in [1.54, 1.807) is 0 Å². The van der Waals surface area contributed by atoms with E-state index in [9.17, 15) is 9.90 Å². The van der Waals surface area contributed by atoms with Gasteiger partial charge in [0.2, 0.25) is 0 Å². The minimum atomic E-state index is -1.16. The van der Waals surface area contributed by atoms with Gasteiger partial charge in [0, 0.05) is 0 Å². The number of hydrogen-bond donors (Lipinski definition) is 2. The van der Waals surface area contributed by atoms with Crippen molar-refractivity contribution in [3.63, 3.8) is 0 Å². The van der Waals surface area contributed by atoms with Gasteiger partial charge in [-0.15, -0.1) is 0 Å². The van der Waals surface area contributed by atoms with Crippen molar-refractivity contribution >= 4 is 11.5 Å². The van der Waals surface area contributed by atoms with Crippen molar-refractivity contribution in [2.24, 2.45) is 0 Å². The summed E-state index contributed by atoms with van der Waals surface area (Å²) in [6.07, 6.45) is -0.366. The molecule has 1 unspecified atom stereocenters. The van der Waals surface area contributed by atoms with Crippen LogP contribution >= 0.6 is 0 Å². The SMILES string of the molecule is CC1=C(C(O)C(=O)NC(C)(C)c2ccccc2)c2ccccc2C1. The summed E-state index contributed by atoms with van der Waals surface area (Å²) in [5, 5.41) is 13.7. The number of nitrogens with one attached hydrogen (secondary N) is 1. The number of benzene rings is 2. The van der Waals surface area contributed by atoms with Crippen molar-refractivity contribution in [2.45, 2.75) is 38.8 Å². The summed E-state index contributed by atoms with van der Waals surface area (Å²) in [6.45, 7) is 5.86. The molecule has 3 rings (SSSR count). The molecule has 1 aliphatic carbocycles. The van der Waals surface area contributed by atoms with Crippen LogP contribution in [0.4, 0.5) is 0 Å². The van der Waals surface area contributed by atoms with Gasteiger partial charge in [0.25, 0.3) is 5.91 Å². The molecule has 2 aromatic carbocycles. The molecule has 0 aliphatic heterocycles. The topological polar surface area (TPSA) is 49.3 Å². The number of fused-ring (bicyclic) bond motifs is 1. The highest BCUT2D eigenvalue weighted by molar-refractivity contribution is 5.97. The van der Waals surface area contributed by atoms with E-state index in [0.717, 1.165) is 28.7 Å². The highest BCUT2D eigenvalue weighted by atomic mass is 16.3. The Bertz CT molecular complexity index is 790. The zero-order valence-electron chi connectivity index (χ0n) is 14.3. The molecule has 0 saturated carbocycles. The Morgan fingerprint density at radius 2 is 1.71 bits per heavy atom. The standard InChI is InChI=1S/C21H23NO2/c1-14-13-15-9-7-8-12-17(15)18(14)19(23)20(24)22-21(2,3)16-10-5-4-6-11-16/h4-12,19,23H,13H2,1-3H3,(H,22,24). The molecule has 3 heteroatoms. The smallest absolute Gasteiger partial charge is 0.254 e. The van der Waals surface area contributed by atoms with Gasteiger partial charge in [-0.1, -0.05) is 60.2 Å². The molecule has 0 aromatic heterocycles. The van der Waals surface area contributed by atoms with Crippen molar-refractivity contribution in [1.82, 2.24) is 5.32 Å². The van der Waals surface area contributed by atoms with E-state index in [1.165, 1.54) is 5.56 Å². The number of aliphatic hydroxyl groups excluding tert-OH is 1. The van der Waals surface area contributed by atoms with Crippen LogP contribution < -0.4 is 5.32 Å². The average Bonchev–Trinajstić information content (AvgIpc) is 2.90. The van der Waals surface area contributed by atoms with Crippen molar-refractivity contribution in [3.05, 3.63) is 76.9 Å². The predicted molar refractivity (Wildman–Crippen MR) is 96.4 cm³/mol.